The molecule has 0 bridgehead atoms. The van der Waals surface area contributed by atoms with Gasteiger partial charge in [0.05, 0.1) is 6.54 Å². The van der Waals surface area contributed by atoms with Gasteiger partial charge in [0.25, 0.3) is 5.91 Å². The van der Waals surface area contributed by atoms with Gasteiger partial charge in [-0.1, -0.05) is 6.92 Å². The molecule has 1 aliphatic rings. The van der Waals surface area contributed by atoms with Gasteiger partial charge in [0.2, 0.25) is 0 Å². The second-order valence-corrected chi connectivity index (χ2v) is 6.11. The van der Waals surface area contributed by atoms with E-state index in [1.165, 1.54) is 9.75 Å². The quantitative estimate of drug-likeness (QED) is 0.805. The lowest BCUT2D eigenvalue weighted by Crippen LogP contribution is -2.28. The van der Waals surface area contributed by atoms with Crippen molar-refractivity contribution in [2.45, 2.75) is 32.9 Å². The highest BCUT2D eigenvalue weighted by molar-refractivity contribution is 7.11. The number of hydrogen-bond acceptors (Lipinski definition) is 4. The number of H-pyrrole nitrogens is 1. The summed E-state index contributed by atoms with van der Waals surface area (Å²) in [5, 5.41) is 13.3. The number of fused-ring (bicyclic) bond motifs is 1. The van der Waals surface area contributed by atoms with Gasteiger partial charge in [0.1, 0.15) is 0 Å². The Balaban J connectivity index is 0.00000161. The average Bonchev–Trinajstić information content (AvgIpc) is 3.11. The molecule has 0 saturated heterocycles. The Morgan fingerprint density at radius 3 is 3.00 bits per heavy atom. The molecule has 21 heavy (non-hydrogen) atoms. The number of aromatic nitrogens is 2. The predicted molar refractivity (Wildman–Crippen MR) is 86.1 cm³/mol. The maximum atomic E-state index is 12.2. The Hall–Kier alpha value is -1.37. The van der Waals surface area contributed by atoms with Gasteiger partial charge in [-0.2, -0.15) is 5.10 Å². The highest BCUT2D eigenvalue weighted by atomic mass is 35.5. The third-order valence-electron chi connectivity index (χ3n) is 3.51. The van der Waals surface area contributed by atoms with Crippen LogP contribution >= 0.6 is 23.7 Å². The van der Waals surface area contributed by atoms with Gasteiger partial charge in [-0.25, -0.2) is 0 Å². The molecule has 0 spiro atoms. The number of carbonyl (C=O) groups excluding carboxylic acids is 1. The molecule has 3 heterocycles. The van der Waals surface area contributed by atoms with E-state index in [4.69, 9.17) is 0 Å². The highest BCUT2D eigenvalue weighted by Gasteiger charge is 2.21. The van der Waals surface area contributed by atoms with Crippen LogP contribution in [-0.4, -0.2) is 22.6 Å². The minimum atomic E-state index is -0.0994. The number of rotatable bonds is 4. The number of nitrogens with one attached hydrogen (secondary N) is 3. The van der Waals surface area contributed by atoms with Gasteiger partial charge in [-0.3, -0.25) is 9.89 Å². The van der Waals surface area contributed by atoms with Crippen molar-refractivity contribution in [1.82, 2.24) is 20.8 Å². The lowest BCUT2D eigenvalue weighted by molar-refractivity contribution is 0.0945. The summed E-state index contributed by atoms with van der Waals surface area (Å²) in [4.78, 5) is 14.7. The Bertz CT molecular complexity index is 622. The molecular formula is C14H19ClN4OS. The summed E-state index contributed by atoms with van der Waals surface area (Å²) in [6, 6.07) is 4.19. The third kappa shape index (κ3) is 3.45. The highest BCUT2D eigenvalue weighted by Crippen LogP contribution is 2.18. The molecule has 114 valence electrons. The molecular weight excluding hydrogens is 308 g/mol. The van der Waals surface area contributed by atoms with Gasteiger partial charge in [-0.05, 0) is 18.6 Å². The summed E-state index contributed by atoms with van der Waals surface area (Å²) in [6.07, 6.45) is 1.94. The number of nitrogens with zero attached hydrogens (tertiary/aromatic N) is 1. The smallest absolute Gasteiger partial charge is 0.272 e. The van der Waals surface area contributed by atoms with Gasteiger partial charge in [-0.15, -0.1) is 23.7 Å². The van der Waals surface area contributed by atoms with Crippen LogP contribution in [0.2, 0.25) is 0 Å². The second kappa shape index (κ2) is 7.06. The van der Waals surface area contributed by atoms with E-state index in [1.807, 2.05) is 0 Å². The normalized spacial score (nSPS) is 13.4. The Morgan fingerprint density at radius 1 is 1.43 bits per heavy atom. The van der Waals surface area contributed by atoms with Crippen LogP contribution in [0.5, 0.6) is 0 Å². The van der Waals surface area contributed by atoms with Gasteiger partial charge in [0, 0.05) is 40.5 Å². The molecule has 0 aromatic carbocycles. The lowest BCUT2D eigenvalue weighted by atomic mass is 10.1. The van der Waals surface area contributed by atoms with Crippen LogP contribution in [-0.2, 0) is 25.9 Å². The Labute approximate surface area is 133 Å². The second-order valence-electron chi connectivity index (χ2n) is 4.86. The van der Waals surface area contributed by atoms with Gasteiger partial charge >= 0.3 is 0 Å². The molecule has 5 nitrogen and oxygen atoms in total. The van der Waals surface area contributed by atoms with Crippen LogP contribution in [0.25, 0.3) is 0 Å². The summed E-state index contributed by atoms with van der Waals surface area (Å²) in [6.45, 7) is 4.36. The van der Waals surface area contributed by atoms with Crippen molar-refractivity contribution in [3.63, 3.8) is 0 Å². The first-order valence-electron chi connectivity index (χ1n) is 6.90. The molecule has 0 saturated carbocycles. The van der Waals surface area contributed by atoms with Crippen molar-refractivity contribution in [1.29, 1.82) is 0 Å². The van der Waals surface area contributed by atoms with Crippen molar-refractivity contribution in [3.05, 3.63) is 38.8 Å². The van der Waals surface area contributed by atoms with E-state index < -0.39 is 0 Å². The third-order valence-corrected chi connectivity index (χ3v) is 4.74. The van der Waals surface area contributed by atoms with Crippen LogP contribution in [0.15, 0.2) is 12.1 Å². The van der Waals surface area contributed by atoms with Crippen molar-refractivity contribution >= 4 is 29.7 Å². The molecule has 2 aromatic heterocycles. The predicted octanol–water partition coefficient (Wildman–Crippen LogP) is 2.03. The van der Waals surface area contributed by atoms with Crippen LogP contribution in [0.1, 0.15) is 38.4 Å². The fraction of sp³-hybridized carbons (Fsp3) is 0.429. The number of aryl methyl sites for hydroxylation is 1. The zero-order valence-corrected chi connectivity index (χ0v) is 13.5. The fourth-order valence-electron chi connectivity index (χ4n) is 2.37. The topological polar surface area (TPSA) is 69.8 Å². The molecule has 0 unspecified atom stereocenters. The summed E-state index contributed by atoms with van der Waals surface area (Å²) in [7, 11) is 0. The zero-order valence-electron chi connectivity index (χ0n) is 11.9. The number of carbonyl (C=O) groups is 1. The van der Waals surface area contributed by atoms with Crippen LogP contribution < -0.4 is 10.6 Å². The molecule has 2 aromatic rings. The SMILES string of the molecule is CCc1ccc(CNC(=O)c2n[nH]c3c2CNCC3)s1.Cl. The van der Waals surface area contributed by atoms with Crippen LogP contribution in [0, 0.1) is 0 Å². The number of halogens is 1. The standard InChI is InChI=1S/C14H18N4OS.ClH/c1-2-9-3-4-10(20-9)7-16-14(19)13-11-8-15-6-5-12(11)17-18-13;/h3-4,15H,2,5-8H2,1H3,(H,16,19)(H,17,18);1H. The molecule has 0 atom stereocenters. The Morgan fingerprint density at radius 2 is 2.24 bits per heavy atom. The van der Waals surface area contributed by atoms with E-state index in [9.17, 15) is 4.79 Å². The van der Waals surface area contributed by atoms with Gasteiger partial charge in [0.15, 0.2) is 5.69 Å². The first kappa shape index (κ1) is 16.0. The van der Waals surface area contributed by atoms with Gasteiger partial charge < -0.3 is 10.6 Å². The number of thiophene rings is 1. The van der Waals surface area contributed by atoms with E-state index in [0.29, 0.717) is 18.8 Å². The van der Waals surface area contributed by atoms with Crippen molar-refractivity contribution in [2.24, 2.45) is 0 Å². The summed E-state index contributed by atoms with van der Waals surface area (Å²) in [5.74, 6) is -0.0994. The largest absolute Gasteiger partial charge is 0.346 e. The molecule has 1 amide bonds. The number of hydrogen-bond donors (Lipinski definition) is 3. The molecule has 3 N–H and O–H groups in total. The zero-order chi connectivity index (χ0) is 13.9. The number of amides is 1. The maximum Gasteiger partial charge on any atom is 0.272 e. The first-order chi connectivity index (χ1) is 9.78. The molecule has 0 radical (unpaired) electrons. The Kier molecular flexibility index (Phi) is 5.39. The van der Waals surface area contributed by atoms with E-state index >= 15 is 0 Å². The minimum Gasteiger partial charge on any atom is -0.346 e. The van der Waals surface area contributed by atoms with Crippen molar-refractivity contribution < 1.29 is 4.79 Å². The molecule has 0 aliphatic carbocycles. The molecule has 3 rings (SSSR count). The van der Waals surface area contributed by atoms with Crippen molar-refractivity contribution in [3.8, 4) is 0 Å². The lowest BCUT2D eigenvalue weighted by Gasteiger charge is -2.12. The van der Waals surface area contributed by atoms with Crippen molar-refractivity contribution in [2.75, 3.05) is 6.54 Å². The molecule has 0 fully saturated rings. The maximum absolute atomic E-state index is 12.2. The minimum absolute atomic E-state index is 0. The van der Waals surface area contributed by atoms with Crippen LogP contribution in [0.3, 0.4) is 0 Å². The van der Waals surface area contributed by atoms with E-state index in [-0.39, 0.29) is 18.3 Å². The molecule has 7 heteroatoms. The first-order valence-corrected chi connectivity index (χ1v) is 7.72. The average molecular weight is 327 g/mol. The summed E-state index contributed by atoms with van der Waals surface area (Å²) in [5.41, 5.74) is 2.62. The van der Waals surface area contributed by atoms with E-state index in [1.54, 1.807) is 11.3 Å². The summed E-state index contributed by atoms with van der Waals surface area (Å²) >= 11 is 1.75. The monoisotopic (exact) mass is 326 g/mol. The fourth-order valence-corrected chi connectivity index (χ4v) is 3.27. The van der Waals surface area contributed by atoms with E-state index in [0.717, 1.165) is 30.6 Å². The molecule has 1 aliphatic heterocycles. The van der Waals surface area contributed by atoms with E-state index in [2.05, 4.69) is 39.9 Å². The van der Waals surface area contributed by atoms with Crippen LogP contribution in [0.4, 0.5) is 0 Å². The summed E-state index contributed by atoms with van der Waals surface area (Å²) < 4.78 is 0. The number of aromatic amines is 1.